The number of hydrogen-bond donors (Lipinski definition) is 3. The number of hydrogen-bond acceptors (Lipinski definition) is 6. The topological polar surface area (TPSA) is 78.2 Å². The van der Waals surface area contributed by atoms with Crippen molar-refractivity contribution in [1.82, 2.24) is 24.8 Å². The van der Waals surface area contributed by atoms with E-state index in [0.29, 0.717) is 11.7 Å². The van der Waals surface area contributed by atoms with Crippen molar-refractivity contribution in [3.8, 4) is 11.1 Å². The van der Waals surface area contributed by atoms with Crippen molar-refractivity contribution >= 4 is 29.4 Å². The molecule has 1 aromatic carbocycles. The number of benzene rings is 1. The Labute approximate surface area is 227 Å². The normalized spacial score (nSPS) is 21.7. The Morgan fingerprint density at radius 2 is 1.79 bits per heavy atom. The van der Waals surface area contributed by atoms with E-state index in [-0.39, 0.29) is 37.0 Å². The van der Waals surface area contributed by atoms with Gasteiger partial charge in [-0.05, 0) is 43.7 Å². The standard InChI is InChI=1S/C27H35F3N6O.ClH/c1-18(35-14-12-31-13-15-35)19-2-4-20(5-3-19)24-17-36(21-6-8-22(37)9-7-21)25-23(24)16-33-26(34-25)32-11-10-27(28,29)30;/h2-5,16-18,21-22,31,37H,6-15H2,1H3,(H,32,33,34);1H. The van der Waals surface area contributed by atoms with Crippen molar-refractivity contribution in [3.05, 3.63) is 42.2 Å². The first kappa shape index (κ1) is 28.6. The van der Waals surface area contributed by atoms with Crippen LogP contribution in [0.15, 0.2) is 36.7 Å². The number of aliphatic hydroxyl groups is 1. The molecular weight excluding hydrogens is 517 g/mol. The molecular formula is C27H36ClF3N6O. The molecule has 1 saturated carbocycles. The van der Waals surface area contributed by atoms with Crippen LogP contribution in [0.2, 0.25) is 0 Å². The highest BCUT2D eigenvalue weighted by atomic mass is 35.5. The van der Waals surface area contributed by atoms with Gasteiger partial charge in [-0.1, -0.05) is 24.3 Å². The molecule has 1 atom stereocenters. The minimum atomic E-state index is -4.23. The third kappa shape index (κ3) is 6.59. The van der Waals surface area contributed by atoms with E-state index in [1.807, 2.05) is 0 Å². The number of aliphatic hydroxyl groups excluding tert-OH is 1. The maximum Gasteiger partial charge on any atom is 0.390 e. The molecule has 0 bridgehead atoms. The highest BCUT2D eigenvalue weighted by molar-refractivity contribution is 5.94. The summed E-state index contributed by atoms with van der Waals surface area (Å²) >= 11 is 0. The number of aromatic nitrogens is 3. The van der Waals surface area contributed by atoms with E-state index in [0.717, 1.165) is 68.4 Å². The molecule has 38 heavy (non-hydrogen) atoms. The van der Waals surface area contributed by atoms with Crippen LogP contribution in [0.3, 0.4) is 0 Å². The molecule has 11 heteroatoms. The summed E-state index contributed by atoms with van der Waals surface area (Å²) in [6, 6.07) is 9.12. The molecule has 1 aliphatic carbocycles. The number of fused-ring (bicyclic) bond motifs is 1. The zero-order valence-electron chi connectivity index (χ0n) is 21.5. The molecule has 3 aromatic rings. The van der Waals surface area contributed by atoms with Gasteiger partial charge in [0.15, 0.2) is 0 Å². The lowest BCUT2D eigenvalue weighted by atomic mass is 9.93. The summed E-state index contributed by atoms with van der Waals surface area (Å²) in [6.07, 6.45) is 1.44. The molecule has 2 fully saturated rings. The van der Waals surface area contributed by atoms with Gasteiger partial charge >= 0.3 is 6.18 Å². The van der Waals surface area contributed by atoms with E-state index in [1.54, 1.807) is 6.20 Å². The van der Waals surface area contributed by atoms with E-state index in [1.165, 1.54) is 5.56 Å². The number of alkyl halides is 3. The first-order chi connectivity index (χ1) is 17.8. The molecule has 5 rings (SSSR count). The maximum absolute atomic E-state index is 12.6. The number of anilines is 1. The van der Waals surface area contributed by atoms with E-state index in [2.05, 4.69) is 67.5 Å². The van der Waals surface area contributed by atoms with Gasteiger partial charge in [0.05, 0.1) is 12.5 Å². The van der Waals surface area contributed by atoms with Crippen LogP contribution in [-0.4, -0.2) is 69.5 Å². The summed E-state index contributed by atoms with van der Waals surface area (Å²) in [7, 11) is 0. The van der Waals surface area contributed by atoms with Crippen molar-refractivity contribution in [2.45, 2.75) is 63.4 Å². The predicted molar refractivity (Wildman–Crippen MR) is 146 cm³/mol. The Balaban J connectivity index is 0.00000336. The van der Waals surface area contributed by atoms with Crippen LogP contribution in [0, 0.1) is 0 Å². The smallest absolute Gasteiger partial charge is 0.390 e. The molecule has 3 N–H and O–H groups in total. The number of piperazine rings is 1. The Hall–Kier alpha value is -2.40. The Morgan fingerprint density at radius 1 is 1.11 bits per heavy atom. The van der Waals surface area contributed by atoms with Gasteiger partial charge in [-0.15, -0.1) is 12.4 Å². The lowest BCUT2D eigenvalue weighted by Crippen LogP contribution is -2.44. The van der Waals surface area contributed by atoms with Crippen LogP contribution < -0.4 is 10.6 Å². The van der Waals surface area contributed by atoms with Crippen LogP contribution in [0.1, 0.15) is 56.7 Å². The van der Waals surface area contributed by atoms with Crippen molar-refractivity contribution in [2.75, 3.05) is 38.0 Å². The van der Waals surface area contributed by atoms with Crippen LogP contribution in [0.5, 0.6) is 0 Å². The quantitative estimate of drug-likeness (QED) is 0.368. The van der Waals surface area contributed by atoms with E-state index in [4.69, 9.17) is 0 Å². The SMILES string of the molecule is CC(c1ccc(-c2cn(C3CCC(O)CC3)c3nc(NCCC(F)(F)F)ncc23)cc1)N1CCNCC1.Cl. The average molecular weight is 553 g/mol. The summed E-state index contributed by atoms with van der Waals surface area (Å²) in [6.45, 7) is 6.04. The summed E-state index contributed by atoms with van der Waals surface area (Å²) in [5, 5.41) is 17.0. The first-order valence-corrected chi connectivity index (χ1v) is 13.2. The largest absolute Gasteiger partial charge is 0.393 e. The van der Waals surface area contributed by atoms with Crippen LogP contribution in [-0.2, 0) is 0 Å². The molecule has 2 aliphatic rings. The van der Waals surface area contributed by atoms with Crippen LogP contribution in [0.25, 0.3) is 22.2 Å². The van der Waals surface area contributed by atoms with Crippen LogP contribution >= 0.6 is 12.4 Å². The highest BCUT2D eigenvalue weighted by Gasteiger charge is 2.27. The third-order valence-corrected chi connectivity index (χ3v) is 7.73. The van der Waals surface area contributed by atoms with E-state index in [9.17, 15) is 18.3 Å². The Morgan fingerprint density at radius 3 is 2.45 bits per heavy atom. The molecule has 1 unspecified atom stereocenters. The van der Waals surface area contributed by atoms with Crippen LogP contribution in [0.4, 0.5) is 19.1 Å². The minimum Gasteiger partial charge on any atom is -0.393 e. The summed E-state index contributed by atoms with van der Waals surface area (Å²) in [4.78, 5) is 11.5. The second-order valence-corrected chi connectivity index (χ2v) is 10.2. The second-order valence-electron chi connectivity index (χ2n) is 10.2. The average Bonchev–Trinajstić information content (AvgIpc) is 3.27. The van der Waals surface area contributed by atoms with Gasteiger partial charge in [0.25, 0.3) is 0 Å². The number of halogens is 4. The van der Waals surface area contributed by atoms with Crippen molar-refractivity contribution < 1.29 is 18.3 Å². The fourth-order valence-electron chi connectivity index (χ4n) is 5.50. The van der Waals surface area contributed by atoms with E-state index < -0.39 is 12.6 Å². The van der Waals surface area contributed by atoms with Gasteiger partial charge < -0.3 is 20.3 Å². The molecule has 0 spiro atoms. The molecule has 208 valence electrons. The molecule has 1 saturated heterocycles. The fraction of sp³-hybridized carbons (Fsp3) is 0.556. The number of rotatable bonds is 7. The summed E-state index contributed by atoms with van der Waals surface area (Å²) < 4.78 is 40.0. The summed E-state index contributed by atoms with van der Waals surface area (Å²) in [5.74, 6) is 0.193. The zero-order chi connectivity index (χ0) is 26.0. The highest BCUT2D eigenvalue weighted by Crippen LogP contribution is 2.37. The zero-order valence-corrected chi connectivity index (χ0v) is 22.4. The molecule has 2 aromatic heterocycles. The molecule has 0 amide bonds. The van der Waals surface area contributed by atoms with Gasteiger partial charge in [0.2, 0.25) is 5.95 Å². The number of nitrogens with one attached hydrogen (secondary N) is 2. The fourth-order valence-corrected chi connectivity index (χ4v) is 5.50. The van der Waals surface area contributed by atoms with Crippen molar-refractivity contribution in [3.63, 3.8) is 0 Å². The lowest BCUT2D eigenvalue weighted by molar-refractivity contribution is -0.131. The molecule has 3 heterocycles. The van der Waals surface area contributed by atoms with Gasteiger partial charge in [-0.25, -0.2) is 4.98 Å². The van der Waals surface area contributed by atoms with Gasteiger partial charge in [-0.2, -0.15) is 18.2 Å². The van der Waals surface area contributed by atoms with Crippen molar-refractivity contribution in [1.29, 1.82) is 0 Å². The van der Waals surface area contributed by atoms with E-state index >= 15 is 0 Å². The minimum absolute atomic E-state index is 0. The monoisotopic (exact) mass is 552 g/mol. The third-order valence-electron chi connectivity index (χ3n) is 7.73. The second kappa shape index (κ2) is 12.2. The Bertz CT molecular complexity index is 1190. The maximum atomic E-state index is 12.6. The van der Waals surface area contributed by atoms with Crippen molar-refractivity contribution in [2.24, 2.45) is 0 Å². The Kier molecular flexibility index (Phi) is 9.18. The predicted octanol–water partition coefficient (Wildman–Crippen LogP) is 5.33. The van der Waals surface area contributed by atoms with Gasteiger partial charge in [-0.3, -0.25) is 4.90 Å². The summed E-state index contributed by atoms with van der Waals surface area (Å²) in [5.41, 5.74) is 4.03. The lowest BCUT2D eigenvalue weighted by Gasteiger charge is -2.33. The number of nitrogens with zero attached hydrogens (tertiary/aromatic N) is 4. The van der Waals surface area contributed by atoms with Gasteiger partial charge in [0, 0.05) is 68.2 Å². The first-order valence-electron chi connectivity index (χ1n) is 13.2. The molecule has 7 nitrogen and oxygen atoms in total. The molecule has 0 radical (unpaired) electrons. The molecule has 1 aliphatic heterocycles. The van der Waals surface area contributed by atoms with Gasteiger partial charge in [0.1, 0.15) is 5.65 Å².